The van der Waals surface area contributed by atoms with E-state index in [2.05, 4.69) is 9.97 Å². The molecule has 1 aromatic rings. The van der Waals surface area contributed by atoms with E-state index in [1.54, 1.807) is 0 Å². The van der Waals surface area contributed by atoms with Gasteiger partial charge in [-0.15, -0.1) is 0 Å². The van der Waals surface area contributed by atoms with E-state index >= 15 is 0 Å². The van der Waals surface area contributed by atoms with Crippen LogP contribution in [-0.2, 0) is 10.7 Å². The minimum Gasteiger partial charge on any atom is -0.382 e. The maximum atomic E-state index is 10.5. The van der Waals surface area contributed by atoms with Crippen LogP contribution in [0.2, 0.25) is 0 Å². The number of nitrogens with two attached hydrogens (primary N) is 1. The Labute approximate surface area is 68.6 Å². The summed E-state index contributed by atoms with van der Waals surface area (Å²) >= 11 is 0. The van der Waals surface area contributed by atoms with Crippen LogP contribution in [-0.4, -0.2) is 19.8 Å². The number of nitrogens with zero attached hydrogens (tertiary/aromatic N) is 2. The van der Waals surface area contributed by atoms with E-state index in [1.165, 1.54) is 12.4 Å². The third kappa shape index (κ3) is 2.58. The second-order valence-corrected chi connectivity index (χ2v) is 3.86. The fraction of sp³-hybridized carbons (Fsp3) is 0.200. The van der Waals surface area contributed by atoms with Gasteiger partial charge in [-0.05, 0) is 0 Å². The highest BCUT2D eigenvalue weighted by Gasteiger charge is 2.17. The number of rotatable bonds is 2. The third-order valence-electron chi connectivity index (χ3n) is 1.16. The van der Waals surface area contributed by atoms with E-state index < -0.39 is 13.8 Å². The van der Waals surface area contributed by atoms with Crippen LogP contribution >= 0.6 is 7.60 Å². The third-order valence-corrected chi connectivity index (χ3v) is 1.87. The smallest absolute Gasteiger partial charge is 0.331 e. The average molecular weight is 189 g/mol. The lowest BCUT2D eigenvalue weighted by molar-refractivity contribution is 0.371. The molecule has 0 fully saturated rings. The van der Waals surface area contributed by atoms with Gasteiger partial charge in [-0.2, -0.15) is 0 Å². The van der Waals surface area contributed by atoms with Crippen LogP contribution < -0.4 is 5.73 Å². The first-order chi connectivity index (χ1) is 5.49. The van der Waals surface area contributed by atoms with Crippen molar-refractivity contribution >= 4 is 13.4 Å². The normalized spacial score (nSPS) is 11.5. The van der Waals surface area contributed by atoms with Crippen LogP contribution in [0.4, 0.5) is 5.82 Å². The highest BCUT2D eigenvalue weighted by molar-refractivity contribution is 7.50. The standard InChI is InChI=1S/C5H8N3O3P/c6-5-4(3-12(9,10)11)7-1-2-8-5/h1-2H,3H2,(H2,6,8)(H2,9,10,11). The van der Waals surface area contributed by atoms with Gasteiger partial charge in [0.15, 0.2) is 0 Å². The van der Waals surface area contributed by atoms with Gasteiger partial charge in [-0.25, -0.2) is 4.98 Å². The van der Waals surface area contributed by atoms with Gasteiger partial charge in [-0.1, -0.05) is 0 Å². The molecule has 1 rings (SSSR count). The Morgan fingerprint density at radius 1 is 1.42 bits per heavy atom. The summed E-state index contributed by atoms with van der Waals surface area (Å²) in [5.41, 5.74) is 5.44. The molecule has 0 aliphatic heterocycles. The molecule has 0 saturated carbocycles. The maximum Gasteiger partial charge on any atom is 0.331 e. The van der Waals surface area contributed by atoms with Gasteiger partial charge in [-0.3, -0.25) is 9.55 Å². The summed E-state index contributed by atoms with van der Waals surface area (Å²) in [5, 5.41) is 0. The largest absolute Gasteiger partial charge is 0.382 e. The molecular weight excluding hydrogens is 181 g/mol. The van der Waals surface area contributed by atoms with Gasteiger partial charge in [0.05, 0.1) is 11.9 Å². The molecule has 0 spiro atoms. The Kier molecular flexibility index (Phi) is 2.42. The molecule has 0 saturated heterocycles. The minimum absolute atomic E-state index is 0.0563. The molecule has 1 aromatic heterocycles. The van der Waals surface area contributed by atoms with Crippen LogP contribution in [0.15, 0.2) is 12.4 Å². The molecule has 7 heteroatoms. The van der Waals surface area contributed by atoms with Gasteiger partial charge in [0.2, 0.25) is 0 Å². The van der Waals surface area contributed by atoms with Crippen LogP contribution in [0.1, 0.15) is 5.69 Å². The van der Waals surface area contributed by atoms with E-state index in [-0.39, 0.29) is 11.5 Å². The first kappa shape index (κ1) is 9.12. The number of hydrogen-bond acceptors (Lipinski definition) is 4. The van der Waals surface area contributed by atoms with Crippen molar-refractivity contribution in [3.05, 3.63) is 18.1 Å². The summed E-state index contributed by atoms with van der Waals surface area (Å²) in [6, 6.07) is 0. The van der Waals surface area contributed by atoms with E-state index in [9.17, 15) is 4.57 Å². The summed E-state index contributed by atoms with van der Waals surface area (Å²) in [6.45, 7) is 0. The Morgan fingerprint density at radius 3 is 2.50 bits per heavy atom. The van der Waals surface area contributed by atoms with Crippen molar-refractivity contribution < 1.29 is 14.4 Å². The summed E-state index contributed by atoms with van der Waals surface area (Å²) in [4.78, 5) is 24.5. The number of aromatic nitrogens is 2. The Morgan fingerprint density at radius 2 is 2.00 bits per heavy atom. The van der Waals surface area contributed by atoms with Crippen molar-refractivity contribution in [2.75, 3.05) is 5.73 Å². The molecule has 0 aromatic carbocycles. The van der Waals surface area contributed by atoms with Gasteiger partial charge in [0, 0.05) is 12.4 Å². The van der Waals surface area contributed by atoms with Crippen LogP contribution in [0.5, 0.6) is 0 Å². The maximum absolute atomic E-state index is 10.5. The predicted octanol–water partition coefficient (Wildman–Crippen LogP) is -0.264. The first-order valence-corrected chi connectivity index (χ1v) is 4.89. The summed E-state index contributed by atoms with van der Waals surface area (Å²) in [6.07, 6.45) is 2.23. The van der Waals surface area contributed by atoms with E-state index in [0.29, 0.717) is 0 Å². The van der Waals surface area contributed by atoms with Crippen LogP contribution in [0.3, 0.4) is 0 Å². The topological polar surface area (TPSA) is 109 Å². The van der Waals surface area contributed by atoms with Crippen LogP contribution in [0.25, 0.3) is 0 Å². The molecule has 0 bridgehead atoms. The summed E-state index contributed by atoms with van der Waals surface area (Å²) < 4.78 is 10.5. The van der Waals surface area contributed by atoms with Crippen molar-refractivity contribution in [2.24, 2.45) is 0 Å². The zero-order valence-corrected chi connectivity index (χ0v) is 6.98. The van der Waals surface area contributed by atoms with Gasteiger partial charge >= 0.3 is 7.60 Å². The van der Waals surface area contributed by atoms with Crippen molar-refractivity contribution in [1.82, 2.24) is 9.97 Å². The lowest BCUT2D eigenvalue weighted by atomic mass is 10.5. The average Bonchev–Trinajstić information content (AvgIpc) is 1.91. The van der Waals surface area contributed by atoms with Crippen LogP contribution in [0, 0.1) is 0 Å². The molecule has 0 radical (unpaired) electrons. The Balaban J connectivity index is 2.90. The number of anilines is 1. The lowest BCUT2D eigenvalue weighted by Crippen LogP contribution is -2.00. The monoisotopic (exact) mass is 189 g/mol. The zero-order chi connectivity index (χ0) is 9.19. The summed E-state index contributed by atoms with van der Waals surface area (Å²) in [5.74, 6) is 0.0563. The molecule has 0 aliphatic rings. The Bertz CT molecular complexity index is 323. The second kappa shape index (κ2) is 3.18. The number of nitrogen functional groups attached to an aromatic ring is 1. The minimum atomic E-state index is -4.10. The summed E-state index contributed by atoms with van der Waals surface area (Å²) in [7, 11) is -4.10. The zero-order valence-electron chi connectivity index (χ0n) is 6.08. The molecule has 4 N–H and O–H groups in total. The fourth-order valence-electron chi connectivity index (χ4n) is 0.695. The quantitative estimate of drug-likeness (QED) is 0.552. The number of hydrogen-bond donors (Lipinski definition) is 3. The van der Waals surface area contributed by atoms with Crippen molar-refractivity contribution in [1.29, 1.82) is 0 Å². The van der Waals surface area contributed by atoms with E-state index in [4.69, 9.17) is 15.5 Å². The molecule has 6 nitrogen and oxygen atoms in total. The molecule has 0 amide bonds. The van der Waals surface area contributed by atoms with E-state index in [1.807, 2.05) is 0 Å². The lowest BCUT2D eigenvalue weighted by Gasteiger charge is -2.03. The molecule has 66 valence electrons. The predicted molar refractivity (Wildman–Crippen MR) is 42.2 cm³/mol. The van der Waals surface area contributed by atoms with E-state index in [0.717, 1.165) is 0 Å². The Hall–Kier alpha value is -0.970. The van der Waals surface area contributed by atoms with Gasteiger partial charge in [0.25, 0.3) is 0 Å². The SMILES string of the molecule is Nc1nccnc1CP(=O)(O)O. The fourth-order valence-corrected chi connectivity index (χ4v) is 1.33. The molecule has 0 aliphatic carbocycles. The first-order valence-electron chi connectivity index (χ1n) is 3.09. The van der Waals surface area contributed by atoms with Gasteiger partial charge in [0.1, 0.15) is 5.82 Å². The molecule has 0 unspecified atom stereocenters. The highest BCUT2D eigenvalue weighted by Crippen LogP contribution is 2.39. The van der Waals surface area contributed by atoms with Crippen molar-refractivity contribution in [3.8, 4) is 0 Å². The van der Waals surface area contributed by atoms with Gasteiger partial charge < -0.3 is 15.5 Å². The van der Waals surface area contributed by atoms with Crippen molar-refractivity contribution in [3.63, 3.8) is 0 Å². The molecule has 1 heterocycles. The molecule has 12 heavy (non-hydrogen) atoms. The molecule has 0 atom stereocenters. The molecular formula is C5H8N3O3P. The highest BCUT2D eigenvalue weighted by atomic mass is 31.2. The van der Waals surface area contributed by atoms with Crippen molar-refractivity contribution in [2.45, 2.75) is 6.16 Å². The second-order valence-electron chi connectivity index (χ2n) is 2.21.